The van der Waals surface area contributed by atoms with Gasteiger partial charge in [0.05, 0.1) is 0 Å². The van der Waals surface area contributed by atoms with E-state index in [1.807, 2.05) is 19.1 Å². The van der Waals surface area contributed by atoms with Crippen LogP contribution in [0.1, 0.15) is 11.3 Å². The van der Waals surface area contributed by atoms with E-state index in [2.05, 4.69) is 47.1 Å². The van der Waals surface area contributed by atoms with Crippen LogP contribution in [0, 0.1) is 6.92 Å². The van der Waals surface area contributed by atoms with Crippen LogP contribution >= 0.6 is 11.3 Å². The highest BCUT2D eigenvalue weighted by atomic mass is 32.1. The van der Waals surface area contributed by atoms with E-state index in [-0.39, 0.29) is 0 Å². The number of para-hydroxylation sites is 1. The van der Waals surface area contributed by atoms with E-state index >= 15 is 0 Å². The van der Waals surface area contributed by atoms with Gasteiger partial charge in [-0.2, -0.15) is 0 Å². The summed E-state index contributed by atoms with van der Waals surface area (Å²) in [4.78, 5) is 0. The van der Waals surface area contributed by atoms with Crippen molar-refractivity contribution in [1.29, 1.82) is 0 Å². The summed E-state index contributed by atoms with van der Waals surface area (Å²) in [6, 6.07) is 16.9. The number of hydrogen-bond acceptors (Lipinski definition) is 3. The van der Waals surface area contributed by atoms with Gasteiger partial charge in [-0.3, -0.25) is 0 Å². The Labute approximate surface area is 127 Å². The van der Waals surface area contributed by atoms with Gasteiger partial charge in [0.1, 0.15) is 11.3 Å². The molecule has 0 saturated heterocycles. The molecule has 0 fully saturated rings. The van der Waals surface area contributed by atoms with Gasteiger partial charge in [-0.05, 0) is 48.0 Å². The second-order valence-corrected chi connectivity index (χ2v) is 6.11. The molecule has 4 rings (SSSR count). The Morgan fingerprint density at radius 1 is 1.10 bits per heavy atom. The monoisotopic (exact) mass is 293 g/mol. The molecule has 0 aliphatic heterocycles. The summed E-state index contributed by atoms with van der Waals surface area (Å²) < 4.78 is 7.13. The summed E-state index contributed by atoms with van der Waals surface area (Å²) in [5.74, 6) is 0.986. The molecule has 0 aliphatic carbocycles. The zero-order valence-electron chi connectivity index (χ0n) is 11.7. The molecule has 2 aromatic heterocycles. The predicted molar refractivity (Wildman–Crippen MR) is 90.1 cm³/mol. The van der Waals surface area contributed by atoms with Crippen molar-refractivity contribution in [2.75, 3.05) is 5.32 Å². The highest BCUT2D eigenvalue weighted by Crippen LogP contribution is 2.27. The zero-order chi connectivity index (χ0) is 14.2. The maximum absolute atomic E-state index is 5.81. The van der Waals surface area contributed by atoms with E-state index in [1.165, 1.54) is 21.0 Å². The first-order chi connectivity index (χ1) is 10.3. The molecule has 2 heterocycles. The molecule has 4 aromatic rings. The zero-order valence-corrected chi connectivity index (χ0v) is 12.5. The lowest BCUT2D eigenvalue weighted by molar-refractivity contribution is 0.573. The Morgan fingerprint density at radius 3 is 2.95 bits per heavy atom. The van der Waals surface area contributed by atoms with Gasteiger partial charge in [0.15, 0.2) is 0 Å². The second kappa shape index (κ2) is 4.93. The minimum atomic E-state index is 0.776. The van der Waals surface area contributed by atoms with Gasteiger partial charge in [-0.1, -0.05) is 18.2 Å². The fourth-order valence-electron chi connectivity index (χ4n) is 2.71. The first-order valence-electron chi connectivity index (χ1n) is 6.99. The molecule has 0 amide bonds. The molecule has 2 nitrogen and oxygen atoms in total. The van der Waals surface area contributed by atoms with Gasteiger partial charge in [0.25, 0.3) is 0 Å². The summed E-state index contributed by atoms with van der Waals surface area (Å²) in [6.45, 7) is 2.80. The predicted octanol–water partition coefficient (Wildman–Crippen LogP) is 5.57. The largest absolute Gasteiger partial charge is 0.461 e. The van der Waals surface area contributed by atoms with Crippen molar-refractivity contribution in [2.45, 2.75) is 13.5 Å². The maximum atomic E-state index is 5.81. The Bertz CT molecular complexity index is 919. The molecule has 1 N–H and O–H groups in total. The number of furan rings is 1. The van der Waals surface area contributed by atoms with E-state index < -0.39 is 0 Å². The van der Waals surface area contributed by atoms with Crippen LogP contribution in [0.2, 0.25) is 0 Å². The summed E-state index contributed by atoms with van der Waals surface area (Å²) in [6.07, 6.45) is 0. The van der Waals surface area contributed by atoms with Gasteiger partial charge < -0.3 is 9.73 Å². The van der Waals surface area contributed by atoms with Crippen LogP contribution in [0.15, 0.2) is 58.3 Å². The average molecular weight is 293 g/mol. The molecule has 104 valence electrons. The summed E-state index contributed by atoms with van der Waals surface area (Å²) in [5.41, 5.74) is 3.33. The Morgan fingerprint density at radius 2 is 2.00 bits per heavy atom. The minimum Gasteiger partial charge on any atom is -0.461 e. The molecule has 0 spiro atoms. The van der Waals surface area contributed by atoms with Crippen LogP contribution in [0.3, 0.4) is 0 Å². The fraction of sp³-hybridized carbons (Fsp3) is 0.111. The SMILES string of the molecule is Cc1oc2ccccc2c1CNc1ccc2sccc2c1. The van der Waals surface area contributed by atoms with E-state index in [4.69, 9.17) is 4.42 Å². The first kappa shape index (κ1) is 12.5. The topological polar surface area (TPSA) is 25.2 Å². The third-order valence-corrected chi connectivity index (χ3v) is 4.72. The Hall–Kier alpha value is -2.26. The third-order valence-electron chi connectivity index (χ3n) is 3.82. The van der Waals surface area contributed by atoms with Crippen molar-refractivity contribution in [3.05, 3.63) is 65.2 Å². The van der Waals surface area contributed by atoms with Crippen molar-refractivity contribution < 1.29 is 4.42 Å². The number of aryl methyl sites for hydroxylation is 1. The Balaban J connectivity index is 1.64. The van der Waals surface area contributed by atoms with Crippen LogP contribution in [0.25, 0.3) is 21.1 Å². The molecule has 0 radical (unpaired) electrons. The Kier molecular flexibility index (Phi) is 2.93. The van der Waals surface area contributed by atoms with E-state index in [1.54, 1.807) is 11.3 Å². The standard InChI is InChI=1S/C18H15NOS/c1-12-16(15-4-2-3-5-17(15)20-12)11-19-14-6-7-18-13(10-14)8-9-21-18/h2-10,19H,11H2,1H3. The maximum Gasteiger partial charge on any atom is 0.134 e. The number of benzene rings is 2. The van der Waals surface area contributed by atoms with Crippen molar-refractivity contribution in [2.24, 2.45) is 0 Å². The van der Waals surface area contributed by atoms with Gasteiger partial charge in [-0.15, -0.1) is 11.3 Å². The van der Waals surface area contributed by atoms with Crippen molar-refractivity contribution in [3.63, 3.8) is 0 Å². The number of fused-ring (bicyclic) bond motifs is 2. The molecule has 0 atom stereocenters. The lowest BCUT2D eigenvalue weighted by Crippen LogP contribution is -1.99. The highest BCUT2D eigenvalue weighted by molar-refractivity contribution is 7.17. The summed E-state index contributed by atoms with van der Waals surface area (Å²) in [5, 5.41) is 8.12. The molecule has 0 bridgehead atoms. The fourth-order valence-corrected chi connectivity index (χ4v) is 3.48. The average Bonchev–Trinajstić information content (AvgIpc) is 3.08. The summed E-state index contributed by atoms with van der Waals surface area (Å²) >= 11 is 1.77. The van der Waals surface area contributed by atoms with Crippen LogP contribution in [-0.2, 0) is 6.54 Å². The van der Waals surface area contributed by atoms with E-state index in [0.29, 0.717) is 0 Å². The lowest BCUT2D eigenvalue weighted by Gasteiger charge is -2.06. The quantitative estimate of drug-likeness (QED) is 0.534. The first-order valence-corrected chi connectivity index (χ1v) is 7.87. The molecule has 3 heteroatoms. The van der Waals surface area contributed by atoms with Gasteiger partial charge >= 0.3 is 0 Å². The van der Waals surface area contributed by atoms with Crippen molar-refractivity contribution >= 4 is 38.1 Å². The van der Waals surface area contributed by atoms with Crippen LogP contribution in [0.5, 0.6) is 0 Å². The molecule has 2 aromatic carbocycles. The number of thiophene rings is 1. The number of nitrogens with one attached hydrogen (secondary N) is 1. The van der Waals surface area contributed by atoms with Crippen molar-refractivity contribution in [3.8, 4) is 0 Å². The van der Waals surface area contributed by atoms with Crippen LogP contribution < -0.4 is 5.32 Å². The molecule has 0 unspecified atom stereocenters. The molecular weight excluding hydrogens is 278 g/mol. The molecule has 0 aliphatic rings. The lowest BCUT2D eigenvalue weighted by atomic mass is 10.1. The van der Waals surface area contributed by atoms with Gasteiger partial charge in [0, 0.05) is 27.9 Å². The van der Waals surface area contributed by atoms with E-state index in [0.717, 1.165) is 23.6 Å². The van der Waals surface area contributed by atoms with Crippen molar-refractivity contribution in [1.82, 2.24) is 0 Å². The second-order valence-electron chi connectivity index (χ2n) is 5.16. The minimum absolute atomic E-state index is 0.776. The van der Waals surface area contributed by atoms with E-state index in [9.17, 15) is 0 Å². The van der Waals surface area contributed by atoms with Crippen LogP contribution in [0.4, 0.5) is 5.69 Å². The number of anilines is 1. The highest BCUT2D eigenvalue weighted by Gasteiger charge is 2.09. The van der Waals surface area contributed by atoms with Crippen LogP contribution in [-0.4, -0.2) is 0 Å². The molecule has 0 saturated carbocycles. The smallest absolute Gasteiger partial charge is 0.134 e. The summed E-state index contributed by atoms with van der Waals surface area (Å²) in [7, 11) is 0. The van der Waals surface area contributed by atoms with Gasteiger partial charge in [-0.25, -0.2) is 0 Å². The number of rotatable bonds is 3. The number of hydrogen-bond donors (Lipinski definition) is 1. The van der Waals surface area contributed by atoms with Gasteiger partial charge in [0.2, 0.25) is 0 Å². The molecule has 21 heavy (non-hydrogen) atoms. The normalized spacial score (nSPS) is 11.3. The third kappa shape index (κ3) is 2.20. The molecular formula is C18H15NOS.